The summed E-state index contributed by atoms with van der Waals surface area (Å²) in [6, 6.07) is 8.40. The standard InChI is InChI=1S/C12H20N2O/c1-3-10-7-5-6-8-11(10)12(14-13)9-15-4-2/h5-8,12,14H,3-4,9,13H2,1-2H3. The molecule has 0 aromatic heterocycles. The fourth-order valence-electron chi connectivity index (χ4n) is 1.66. The highest BCUT2D eigenvalue weighted by Crippen LogP contribution is 2.18. The van der Waals surface area contributed by atoms with E-state index in [1.807, 2.05) is 13.0 Å². The second-order valence-corrected chi connectivity index (χ2v) is 3.43. The van der Waals surface area contributed by atoms with E-state index in [1.54, 1.807) is 0 Å². The molecule has 3 heteroatoms. The Morgan fingerprint density at radius 1 is 1.33 bits per heavy atom. The van der Waals surface area contributed by atoms with Crippen molar-refractivity contribution in [2.75, 3.05) is 13.2 Å². The van der Waals surface area contributed by atoms with Gasteiger partial charge in [0.2, 0.25) is 0 Å². The Kier molecular flexibility index (Phi) is 5.32. The number of hydrogen-bond donors (Lipinski definition) is 2. The van der Waals surface area contributed by atoms with Gasteiger partial charge in [0.05, 0.1) is 12.6 Å². The maximum Gasteiger partial charge on any atom is 0.0696 e. The molecule has 15 heavy (non-hydrogen) atoms. The molecule has 3 nitrogen and oxygen atoms in total. The molecule has 84 valence electrons. The summed E-state index contributed by atoms with van der Waals surface area (Å²) in [7, 11) is 0. The average Bonchev–Trinajstić information content (AvgIpc) is 2.30. The fourth-order valence-corrected chi connectivity index (χ4v) is 1.66. The SMILES string of the molecule is CCOCC(NN)c1ccccc1CC. The van der Waals surface area contributed by atoms with E-state index in [-0.39, 0.29) is 6.04 Å². The Hall–Kier alpha value is -0.900. The van der Waals surface area contributed by atoms with Gasteiger partial charge in [0.15, 0.2) is 0 Å². The summed E-state index contributed by atoms with van der Waals surface area (Å²) in [5.41, 5.74) is 5.35. The molecule has 1 aromatic carbocycles. The number of hydrogen-bond acceptors (Lipinski definition) is 3. The van der Waals surface area contributed by atoms with Crippen molar-refractivity contribution in [3.8, 4) is 0 Å². The molecule has 0 heterocycles. The molecule has 1 unspecified atom stereocenters. The van der Waals surface area contributed by atoms with Gasteiger partial charge in [-0.2, -0.15) is 0 Å². The van der Waals surface area contributed by atoms with Crippen molar-refractivity contribution in [1.82, 2.24) is 5.43 Å². The molecule has 3 N–H and O–H groups in total. The molecule has 1 rings (SSSR count). The minimum Gasteiger partial charge on any atom is -0.380 e. The van der Waals surface area contributed by atoms with Gasteiger partial charge in [-0.15, -0.1) is 0 Å². The molecule has 0 aliphatic heterocycles. The van der Waals surface area contributed by atoms with E-state index in [0.29, 0.717) is 13.2 Å². The first-order valence-electron chi connectivity index (χ1n) is 5.45. The Labute approximate surface area is 91.6 Å². The Morgan fingerprint density at radius 2 is 2.07 bits per heavy atom. The summed E-state index contributed by atoms with van der Waals surface area (Å²) in [6.07, 6.45) is 1.01. The monoisotopic (exact) mass is 208 g/mol. The Balaban J connectivity index is 2.80. The predicted molar refractivity (Wildman–Crippen MR) is 62.4 cm³/mol. The van der Waals surface area contributed by atoms with Crippen LogP contribution in [-0.4, -0.2) is 13.2 Å². The van der Waals surface area contributed by atoms with Crippen molar-refractivity contribution in [2.24, 2.45) is 5.84 Å². The van der Waals surface area contributed by atoms with E-state index in [4.69, 9.17) is 10.6 Å². The summed E-state index contributed by atoms with van der Waals surface area (Å²) >= 11 is 0. The first kappa shape index (κ1) is 12.2. The van der Waals surface area contributed by atoms with Crippen LogP contribution in [0.15, 0.2) is 24.3 Å². The van der Waals surface area contributed by atoms with E-state index < -0.39 is 0 Å². The van der Waals surface area contributed by atoms with Gasteiger partial charge >= 0.3 is 0 Å². The molecule has 1 atom stereocenters. The van der Waals surface area contributed by atoms with Crippen LogP contribution in [0.4, 0.5) is 0 Å². The topological polar surface area (TPSA) is 47.3 Å². The zero-order valence-electron chi connectivity index (χ0n) is 9.49. The molecule has 0 spiro atoms. The molecule has 0 saturated heterocycles. The first-order chi connectivity index (χ1) is 7.33. The number of aryl methyl sites for hydroxylation is 1. The van der Waals surface area contributed by atoms with E-state index in [0.717, 1.165) is 6.42 Å². The van der Waals surface area contributed by atoms with Crippen molar-refractivity contribution in [2.45, 2.75) is 26.3 Å². The van der Waals surface area contributed by atoms with Crippen molar-refractivity contribution >= 4 is 0 Å². The van der Waals surface area contributed by atoms with Crippen LogP contribution in [0, 0.1) is 0 Å². The molecule has 0 fully saturated rings. The number of nitrogens with one attached hydrogen (secondary N) is 1. The molecule has 0 amide bonds. The number of rotatable bonds is 6. The van der Waals surface area contributed by atoms with Crippen LogP contribution in [0.5, 0.6) is 0 Å². The Morgan fingerprint density at radius 3 is 2.67 bits per heavy atom. The second kappa shape index (κ2) is 6.56. The van der Waals surface area contributed by atoms with Gasteiger partial charge in [-0.3, -0.25) is 11.3 Å². The summed E-state index contributed by atoms with van der Waals surface area (Å²) in [5, 5.41) is 0. The lowest BCUT2D eigenvalue weighted by molar-refractivity contribution is 0.123. The van der Waals surface area contributed by atoms with E-state index in [2.05, 4.69) is 30.5 Å². The molecular weight excluding hydrogens is 188 g/mol. The van der Waals surface area contributed by atoms with E-state index in [1.165, 1.54) is 11.1 Å². The number of hydrazine groups is 1. The van der Waals surface area contributed by atoms with Crippen molar-refractivity contribution in [3.05, 3.63) is 35.4 Å². The lowest BCUT2D eigenvalue weighted by Crippen LogP contribution is -2.32. The summed E-state index contributed by atoms with van der Waals surface area (Å²) in [5.74, 6) is 5.54. The summed E-state index contributed by atoms with van der Waals surface area (Å²) in [4.78, 5) is 0. The number of ether oxygens (including phenoxy) is 1. The molecule has 0 saturated carbocycles. The third-order valence-electron chi connectivity index (χ3n) is 2.50. The second-order valence-electron chi connectivity index (χ2n) is 3.43. The number of nitrogens with two attached hydrogens (primary N) is 1. The summed E-state index contributed by atoms with van der Waals surface area (Å²) in [6.45, 7) is 5.46. The van der Waals surface area contributed by atoms with Gasteiger partial charge in [0, 0.05) is 6.61 Å². The van der Waals surface area contributed by atoms with Gasteiger partial charge in [0.1, 0.15) is 0 Å². The van der Waals surface area contributed by atoms with Gasteiger partial charge < -0.3 is 4.74 Å². The van der Waals surface area contributed by atoms with Crippen molar-refractivity contribution in [3.63, 3.8) is 0 Å². The van der Waals surface area contributed by atoms with Crippen LogP contribution in [-0.2, 0) is 11.2 Å². The molecule has 0 aliphatic rings. The lowest BCUT2D eigenvalue weighted by Gasteiger charge is -2.18. The van der Waals surface area contributed by atoms with Crippen LogP contribution in [0.2, 0.25) is 0 Å². The lowest BCUT2D eigenvalue weighted by atomic mass is 9.99. The summed E-state index contributed by atoms with van der Waals surface area (Å²) < 4.78 is 5.40. The smallest absolute Gasteiger partial charge is 0.0696 e. The highest BCUT2D eigenvalue weighted by atomic mass is 16.5. The van der Waals surface area contributed by atoms with Gasteiger partial charge in [-0.1, -0.05) is 31.2 Å². The van der Waals surface area contributed by atoms with E-state index in [9.17, 15) is 0 Å². The average molecular weight is 208 g/mol. The zero-order chi connectivity index (χ0) is 11.1. The van der Waals surface area contributed by atoms with Crippen molar-refractivity contribution in [1.29, 1.82) is 0 Å². The van der Waals surface area contributed by atoms with Crippen LogP contribution < -0.4 is 11.3 Å². The molecular formula is C12H20N2O. The minimum atomic E-state index is 0.0844. The molecule has 0 radical (unpaired) electrons. The highest BCUT2D eigenvalue weighted by Gasteiger charge is 2.12. The third kappa shape index (κ3) is 3.30. The zero-order valence-corrected chi connectivity index (χ0v) is 9.49. The maximum absolute atomic E-state index is 5.54. The third-order valence-corrected chi connectivity index (χ3v) is 2.50. The van der Waals surface area contributed by atoms with Crippen LogP contribution >= 0.6 is 0 Å². The predicted octanol–water partition coefficient (Wildman–Crippen LogP) is 1.79. The van der Waals surface area contributed by atoms with Crippen LogP contribution in [0.25, 0.3) is 0 Å². The molecule has 0 bridgehead atoms. The fraction of sp³-hybridized carbons (Fsp3) is 0.500. The normalized spacial score (nSPS) is 12.7. The van der Waals surface area contributed by atoms with Gasteiger partial charge in [-0.25, -0.2) is 0 Å². The molecule has 1 aromatic rings. The van der Waals surface area contributed by atoms with E-state index >= 15 is 0 Å². The maximum atomic E-state index is 5.54. The minimum absolute atomic E-state index is 0.0844. The van der Waals surface area contributed by atoms with Crippen LogP contribution in [0.1, 0.15) is 31.0 Å². The Bertz CT molecular complexity index is 289. The van der Waals surface area contributed by atoms with Gasteiger partial charge in [0.25, 0.3) is 0 Å². The first-order valence-corrected chi connectivity index (χ1v) is 5.45. The quantitative estimate of drug-likeness (QED) is 0.553. The number of benzene rings is 1. The van der Waals surface area contributed by atoms with Gasteiger partial charge in [-0.05, 0) is 24.5 Å². The largest absolute Gasteiger partial charge is 0.380 e. The van der Waals surface area contributed by atoms with Crippen molar-refractivity contribution < 1.29 is 4.74 Å². The van der Waals surface area contributed by atoms with Crippen LogP contribution in [0.3, 0.4) is 0 Å². The highest BCUT2D eigenvalue weighted by molar-refractivity contribution is 5.30. The molecule has 0 aliphatic carbocycles.